The molecule has 0 radical (unpaired) electrons. The van der Waals surface area contributed by atoms with Gasteiger partial charge >= 0.3 is 0 Å². The van der Waals surface area contributed by atoms with Crippen LogP contribution in [0.5, 0.6) is 0 Å². The highest BCUT2D eigenvalue weighted by molar-refractivity contribution is 6.30. The minimum absolute atomic E-state index is 0.645. The summed E-state index contributed by atoms with van der Waals surface area (Å²) < 4.78 is 3.52. The van der Waals surface area contributed by atoms with Gasteiger partial charge in [0.1, 0.15) is 6.33 Å². The lowest BCUT2D eigenvalue weighted by Crippen LogP contribution is -2.01. The molecule has 150 valence electrons. The Bertz CT molecular complexity index is 1590. The van der Waals surface area contributed by atoms with Crippen LogP contribution in [0.1, 0.15) is 17.0 Å². The second-order valence-corrected chi connectivity index (χ2v) is 8.02. The zero-order valence-corrected chi connectivity index (χ0v) is 17.5. The second kappa shape index (κ2) is 6.89. The third-order valence-corrected chi connectivity index (χ3v) is 5.81. The molecule has 0 amide bonds. The number of nitrogens with zero attached hydrogens (tertiary/aromatic N) is 6. The van der Waals surface area contributed by atoms with E-state index in [0.29, 0.717) is 11.4 Å². The molecule has 3 aromatic carbocycles. The molecule has 0 saturated carbocycles. The van der Waals surface area contributed by atoms with E-state index in [4.69, 9.17) is 16.6 Å². The van der Waals surface area contributed by atoms with E-state index in [0.717, 1.165) is 33.8 Å². The summed E-state index contributed by atoms with van der Waals surface area (Å²) >= 11 is 6.21. The summed E-state index contributed by atoms with van der Waals surface area (Å²) in [6.07, 6.45) is 4.12. The van der Waals surface area contributed by atoms with Gasteiger partial charge in [0.05, 0.1) is 17.3 Å². The van der Waals surface area contributed by atoms with E-state index < -0.39 is 0 Å². The lowest BCUT2D eigenvalue weighted by molar-refractivity contribution is 0.863. The van der Waals surface area contributed by atoms with Crippen molar-refractivity contribution in [2.24, 2.45) is 0 Å². The van der Waals surface area contributed by atoms with Crippen molar-refractivity contribution < 1.29 is 0 Å². The average molecular weight is 425 g/mol. The maximum Gasteiger partial charge on any atom is 0.170 e. The number of benzene rings is 3. The first kappa shape index (κ1) is 18.0. The predicted octanol–water partition coefficient (Wildman–Crippen LogP) is 5.17. The minimum Gasteiger partial charge on any atom is -0.216 e. The fourth-order valence-electron chi connectivity index (χ4n) is 4.04. The molecule has 0 aliphatic carbocycles. The zero-order chi connectivity index (χ0) is 20.9. The van der Waals surface area contributed by atoms with E-state index >= 15 is 0 Å². The molecule has 0 bridgehead atoms. The van der Waals surface area contributed by atoms with Crippen molar-refractivity contribution in [3.8, 4) is 5.69 Å². The van der Waals surface area contributed by atoms with Gasteiger partial charge < -0.3 is 0 Å². The highest BCUT2D eigenvalue weighted by Crippen LogP contribution is 2.25. The van der Waals surface area contributed by atoms with Gasteiger partial charge in [0.2, 0.25) is 0 Å². The molecule has 7 heteroatoms. The Hall–Kier alpha value is -3.77. The van der Waals surface area contributed by atoms with Crippen LogP contribution >= 0.6 is 11.6 Å². The Morgan fingerprint density at radius 2 is 1.81 bits per heavy atom. The smallest absolute Gasteiger partial charge is 0.170 e. The number of halogens is 1. The van der Waals surface area contributed by atoms with Crippen molar-refractivity contribution in [1.82, 2.24) is 29.4 Å². The molecule has 6 aromatic rings. The number of rotatable bonds is 3. The zero-order valence-electron chi connectivity index (χ0n) is 16.7. The SMILES string of the molecule is Cc1ccc(Cl)cc1-n1ncc2c1ncn1nc(Cc3cccc4ccccc34)nc21. The molecule has 0 N–H and O–H groups in total. The predicted molar refractivity (Wildman–Crippen MR) is 122 cm³/mol. The minimum atomic E-state index is 0.645. The van der Waals surface area contributed by atoms with Crippen LogP contribution in [-0.2, 0) is 6.42 Å². The average Bonchev–Trinajstić information content (AvgIpc) is 3.39. The van der Waals surface area contributed by atoms with E-state index in [1.54, 1.807) is 21.7 Å². The first-order valence-electron chi connectivity index (χ1n) is 9.98. The van der Waals surface area contributed by atoms with Crippen LogP contribution in [0.25, 0.3) is 33.1 Å². The van der Waals surface area contributed by atoms with Gasteiger partial charge in [-0.3, -0.25) is 0 Å². The van der Waals surface area contributed by atoms with Gasteiger partial charge in [-0.25, -0.2) is 19.2 Å². The summed E-state index contributed by atoms with van der Waals surface area (Å²) in [5.74, 6) is 0.748. The Balaban J connectivity index is 1.47. The Morgan fingerprint density at radius 3 is 2.74 bits per heavy atom. The van der Waals surface area contributed by atoms with Crippen molar-refractivity contribution >= 4 is 39.1 Å². The third kappa shape index (κ3) is 2.95. The number of hydrogen-bond donors (Lipinski definition) is 0. The summed E-state index contributed by atoms with van der Waals surface area (Å²) in [6.45, 7) is 2.02. The van der Waals surface area contributed by atoms with Gasteiger partial charge in [0.15, 0.2) is 17.1 Å². The van der Waals surface area contributed by atoms with E-state index in [1.807, 2.05) is 25.1 Å². The molecule has 6 rings (SSSR count). The molecule has 0 fully saturated rings. The molecule has 0 unspecified atom stereocenters. The summed E-state index contributed by atoms with van der Waals surface area (Å²) in [4.78, 5) is 9.43. The molecule has 0 aliphatic rings. The van der Waals surface area contributed by atoms with E-state index in [-0.39, 0.29) is 0 Å². The molecule has 0 aliphatic heterocycles. The lowest BCUT2D eigenvalue weighted by atomic mass is 10.0. The lowest BCUT2D eigenvalue weighted by Gasteiger charge is -2.07. The number of fused-ring (bicyclic) bond motifs is 4. The van der Waals surface area contributed by atoms with Crippen molar-refractivity contribution in [2.45, 2.75) is 13.3 Å². The van der Waals surface area contributed by atoms with Gasteiger partial charge in [-0.1, -0.05) is 60.1 Å². The van der Waals surface area contributed by atoms with Gasteiger partial charge in [-0.05, 0) is 41.0 Å². The summed E-state index contributed by atoms with van der Waals surface area (Å²) in [5.41, 5.74) is 4.63. The van der Waals surface area contributed by atoms with Crippen molar-refractivity contribution in [1.29, 1.82) is 0 Å². The molecule has 0 saturated heterocycles. The van der Waals surface area contributed by atoms with Gasteiger partial charge in [0, 0.05) is 11.4 Å². The van der Waals surface area contributed by atoms with Crippen LogP contribution in [-0.4, -0.2) is 29.4 Å². The maximum absolute atomic E-state index is 6.21. The molecule has 6 nitrogen and oxygen atoms in total. The van der Waals surface area contributed by atoms with Crippen LogP contribution < -0.4 is 0 Å². The maximum atomic E-state index is 6.21. The van der Waals surface area contributed by atoms with E-state index in [2.05, 4.69) is 57.6 Å². The first-order chi connectivity index (χ1) is 15.2. The largest absolute Gasteiger partial charge is 0.216 e. The fraction of sp³-hybridized carbons (Fsp3) is 0.0833. The van der Waals surface area contributed by atoms with E-state index in [9.17, 15) is 0 Å². The monoisotopic (exact) mass is 424 g/mol. The van der Waals surface area contributed by atoms with Crippen LogP contribution in [0.4, 0.5) is 0 Å². The van der Waals surface area contributed by atoms with Crippen molar-refractivity contribution in [2.75, 3.05) is 0 Å². The third-order valence-electron chi connectivity index (χ3n) is 5.58. The van der Waals surface area contributed by atoms with E-state index in [1.165, 1.54) is 16.3 Å². The van der Waals surface area contributed by atoms with Crippen molar-refractivity contribution in [3.05, 3.63) is 95.2 Å². The van der Waals surface area contributed by atoms with Crippen LogP contribution in [0.15, 0.2) is 73.2 Å². The van der Waals surface area contributed by atoms with Crippen LogP contribution in [0, 0.1) is 6.92 Å². The Kier molecular flexibility index (Phi) is 4.01. The Morgan fingerprint density at radius 1 is 0.935 bits per heavy atom. The highest BCUT2D eigenvalue weighted by atomic mass is 35.5. The quantitative estimate of drug-likeness (QED) is 0.393. The number of aryl methyl sites for hydroxylation is 1. The first-order valence-corrected chi connectivity index (χ1v) is 10.4. The summed E-state index contributed by atoms with van der Waals surface area (Å²) in [7, 11) is 0. The van der Waals surface area contributed by atoms with Gasteiger partial charge in [-0.15, -0.1) is 5.10 Å². The van der Waals surface area contributed by atoms with Crippen molar-refractivity contribution in [3.63, 3.8) is 0 Å². The summed E-state index contributed by atoms with van der Waals surface area (Å²) in [5, 5.41) is 13.2. The van der Waals surface area contributed by atoms with Gasteiger partial charge in [-0.2, -0.15) is 5.10 Å². The molecule has 31 heavy (non-hydrogen) atoms. The summed E-state index contributed by atoms with van der Waals surface area (Å²) in [6, 6.07) is 20.4. The number of aromatic nitrogens is 6. The fourth-order valence-corrected chi connectivity index (χ4v) is 4.21. The second-order valence-electron chi connectivity index (χ2n) is 7.58. The normalized spacial score (nSPS) is 11.7. The molecule has 0 atom stereocenters. The van der Waals surface area contributed by atoms with Gasteiger partial charge in [0.25, 0.3) is 0 Å². The molecule has 0 spiro atoms. The molecular formula is C24H17ClN6. The van der Waals surface area contributed by atoms with Crippen LogP contribution in [0.2, 0.25) is 5.02 Å². The topological polar surface area (TPSA) is 60.9 Å². The molecular weight excluding hydrogens is 408 g/mol. The standard InChI is InChI=1S/C24H17ClN6/c1-15-9-10-18(25)12-21(15)31-23-20(13-27-31)24-28-22(29-30(24)14-26-23)11-17-7-4-6-16-5-2-3-8-19(16)17/h2-10,12-14H,11H2,1H3. The Labute approximate surface area is 182 Å². The van der Waals surface area contributed by atoms with Crippen LogP contribution in [0.3, 0.4) is 0 Å². The molecule has 3 aromatic heterocycles. The molecule has 3 heterocycles. The number of hydrogen-bond acceptors (Lipinski definition) is 4. The highest BCUT2D eigenvalue weighted by Gasteiger charge is 2.15.